The Labute approximate surface area is 116 Å². The van der Waals surface area contributed by atoms with E-state index in [0.717, 1.165) is 10.8 Å². The summed E-state index contributed by atoms with van der Waals surface area (Å²) in [4.78, 5) is 28.1. The molecule has 0 spiro atoms. The van der Waals surface area contributed by atoms with Gasteiger partial charge in [-0.05, 0) is 12.8 Å². The molecule has 0 aliphatic heterocycles. The molecule has 5 nitrogen and oxygen atoms in total. The number of fused-ring (bicyclic) bond motifs is 1. The van der Waals surface area contributed by atoms with Gasteiger partial charge in [-0.1, -0.05) is 24.3 Å². The Bertz CT molecular complexity index is 687. The fourth-order valence-corrected chi connectivity index (χ4v) is 2.30. The van der Waals surface area contributed by atoms with Crippen LogP contribution in [0.25, 0.3) is 10.8 Å². The molecule has 0 unspecified atom stereocenters. The zero-order chi connectivity index (χ0) is 14.2. The van der Waals surface area contributed by atoms with E-state index in [9.17, 15) is 9.59 Å². The normalized spacial score (nSPS) is 15.7. The lowest BCUT2D eigenvalue weighted by molar-refractivity contribution is -0.150. The number of esters is 1. The van der Waals surface area contributed by atoms with Crippen LogP contribution < -0.4 is 5.32 Å². The van der Waals surface area contributed by atoms with Crippen molar-refractivity contribution in [2.75, 3.05) is 12.4 Å². The molecule has 1 amide bonds. The Morgan fingerprint density at radius 2 is 2.00 bits per heavy atom. The van der Waals surface area contributed by atoms with Crippen molar-refractivity contribution in [3.8, 4) is 0 Å². The van der Waals surface area contributed by atoms with Crippen molar-refractivity contribution in [1.82, 2.24) is 4.98 Å². The molecule has 102 valence electrons. The predicted octanol–water partition coefficient (Wildman–Crippen LogP) is 2.13. The largest absolute Gasteiger partial charge is 0.468 e. The third-order valence-corrected chi connectivity index (χ3v) is 3.68. The van der Waals surface area contributed by atoms with Crippen LogP contribution in [0.15, 0.2) is 36.7 Å². The van der Waals surface area contributed by atoms with Crippen LogP contribution in [0.1, 0.15) is 12.8 Å². The maximum absolute atomic E-state index is 12.3. The molecular formula is C15H14N2O3. The average molecular weight is 270 g/mol. The standard InChI is InChI=1S/C15H14N2O3/c1-20-14(19)15(6-7-15)13(18)17-12-9-16-8-10-4-2-3-5-11(10)12/h2-5,8-9H,6-7H2,1H3,(H,17,18). The number of aromatic nitrogens is 1. The highest BCUT2D eigenvalue weighted by Crippen LogP contribution is 2.47. The van der Waals surface area contributed by atoms with Crippen LogP contribution in [0.4, 0.5) is 5.69 Å². The second kappa shape index (κ2) is 4.59. The van der Waals surface area contributed by atoms with E-state index in [0.29, 0.717) is 18.5 Å². The number of nitrogens with zero attached hydrogens (tertiary/aromatic N) is 1. The van der Waals surface area contributed by atoms with Gasteiger partial charge in [0, 0.05) is 17.0 Å². The quantitative estimate of drug-likeness (QED) is 0.685. The summed E-state index contributed by atoms with van der Waals surface area (Å²) in [7, 11) is 1.30. The van der Waals surface area contributed by atoms with Gasteiger partial charge in [0.2, 0.25) is 5.91 Å². The third-order valence-electron chi connectivity index (χ3n) is 3.68. The molecule has 0 radical (unpaired) electrons. The van der Waals surface area contributed by atoms with Crippen molar-refractivity contribution in [2.45, 2.75) is 12.8 Å². The summed E-state index contributed by atoms with van der Waals surface area (Å²) in [5.74, 6) is -0.786. The Kier molecular flexibility index (Phi) is 2.89. The minimum absolute atomic E-state index is 0.317. The van der Waals surface area contributed by atoms with Gasteiger partial charge < -0.3 is 10.1 Å². The molecule has 0 saturated heterocycles. The first kappa shape index (κ1) is 12.6. The number of amides is 1. The van der Waals surface area contributed by atoms with E-state index in [1.54, 1.807) is 12.4 Å². The van der Waals surface area contributed by atoms with Gasteiger partial charge in [0.15, 0.2) is 0 Å². The number of nitrogens with one attached hydrogen (secondary N) is 1. The predicted molar refractivity (Wildman–Crippen MR) is 74.1 cm³/mol. The maximum Gasteiger partial charge on any atom is 0.321 e. The molecule has 1 heterocycles. The first-order valence-corrected chi connectivity index (χ1v) is 6.40. The van der Waals surface area contributed by atoms with E-state index in [1.165, 1.54) is 7.11 Å². The van der Waals surface area contributed by atoms with Crippen molar-refractivity contribution in [1.29, 1.82) is 0 Å². The topological polar surface area (TPSA) is 68.3 Å². The molecule has 1 fully saturated rings. The molecular weight excluding hydrogens is 256 g/mol. The van der Waals surface area contributed by atoms with Crippen LogP contribution in [0, 0.1) is 5.41 Å². The lowest BCUT2D eigenvalue weighted by Crippen LogP contribution is -2.32. The van der Waals surface area contributed by atoms with Gasteiger partial charge in [-0.3, -0.25) is 14.6 Å². The second-order valence-electron chi connectivity index (χ2n) is 4.94. The average Bonchev–Trinajstić information content (AvgIpc) is 3.28. The highest BCUT2D eigenvalue weighted by atomic mass is 16.5. The Morgan fingerprint density at radius 1 is 1.25 bits per heavy atom. The molecule has 3 rings (SSSR count). The summed E-state index contributed by atoms with van der Waals surface area (Å²) in [5, 5.41) is 4.64. The highest BCUT2D eigenvalue weighted by Gasteiger charge is 2.57. The molecule has 1 aromatic carbocycles. The Morgan fingerprint density at radius 3 is 2.70 bits per heavy atom. The van der Waals surface area contributed by atoms with E-state index < -0.39 is 11.4 Å². The van der Waals surface area contributed by atoms with E-state index in [2.05, 4.69) is 10.3 Å². The van der Waals surface area contributed by atoms with Crippen LogP contribution in [0.5, 0.6) is 0 Å². The molecule has 1 aromatic heterocycles. The van der Waals surface area contributed by atoms with Crippen molar-refractivity contribution < 1.29 is 14.3 Å². The van der Waals surface area contributed by atoms with Crippen LogP contribution in [0.3, 0.4) is 0 Å². The fourth-order valence-electron chi connectivity index (χ4n) is 2.30. The summed E-state index contributed by atoms with van der Waals surface area (Å²) >= 11 is 0. The first-order chi connectivity index (χ1) is 9.67. The van der Waals surface area contributed by atoms with Crippen LogP contribution >= 0.6 is 0 Å². The zero-order valence-electron chi connectivity index (χ0n) is 11.1. The maximum atomic E-state index is 12.3. The minimum Gasteiger partial charge on any atom is -0.468 e. The Balaban J connectivity index is 1.91. The van der Waals surface area contributed by atoms with Gasteiger partial charge in [0.1, 0.15) is 5.41 Å². The number of benzene rings is 1. The number of methoxy groups -OCH3 is 1. The van der Waals surface area contributed by atoms with Gasteiger partial charge in [-0.2, -0.15) is 0 Å². The number of hydrogen-bond acceptors (Lipinski definition) is 4. The van der Waals surface area contributed by atoms with Crippen LogP contribution in [0.2, 0.25) is 0 Å². The second-order valence-corrected chi connectivity index (χ2v) is 4.94. The van der Waals surface area contributed by atoms with Crippen molar-refractivity contribution in [3.05, 3.63) is 36.7 Å². The molecule has 0 atom stereocenters. The molecule has 5 heteroatoms. The van der Waals surface area contributed by atoms with Crippen molar-refractivity contribution in [3.63, 3.8) is 0 Å². The summed E-state index contributed by atoms with van der Waals surface area (Å²) in [6.07, 6.45) is 4.39. The lowest BCUT2D eigenvalue weighted by Gasteiger charge is -2.14. The smallest absolute Gasteiger partial charge is 0.321 e. The van der Waals surface area contributed by atoms with E-state index in [1.807, 2.05) is 24.3 Å². The van der Waals surface area contributed by atoms with Crippen molar-refractivity contribution >= 4 is 28.3 Å². The Hall–Kier alpha value is -2.43. The number of pyridine rings is 1. The van der Waals surface area contributed by atoms with Crippen LogP contribution in [-0.2, 0) is 14.3 Å². The monoisotopic (exact) mass is 270 g/mol. The van der Waals surface area contributed by atoms with Gasteiger partial charge in [-0.25, -0.2) is 0 Å². The number of carbonyl (C=O) groups excluding carboxylic acids is 2. The SMILES string of the molecule is COC(=O)C1(C(=O)Nc2cncc3ccccc23)CC1. The molecule has 0 bridgehead atoms. The van der Waals surface area contributed by atoms with Crippen LogP contribution in [-0.4, -0.2) is 24.0 Å². The lowest BCUT2D eigenvalue weighted by atomic mass is 10.1. The summed E-state index contributed by atoms with van der Waals surface area (Å²) in [6.45, 7) is 0. The van der Waals surface area contributed by atoms with Gasteiger partial charge in [0.05, 0.1) is 19.0 Å². The highest BCUT2D eigenvalue weighted by molar-refractivity contribution is 6.13. The van der Waals surface area contributed by atoms with Gasteiger partial charge in [0.25, 0.3) is 0 Å². The third kappa shape index (κ3) is 1.91. The van der Waals surface area contributed by atoms with Gasteiger partial charge >= 0.3 is 5.97 Å². The summed E-state index contributed by atoms with van der Waals surface area (Å²) < 4.78 is 4.71. The molecule has 1 saturated carbocycles. The number of rotatable bonds is 3. The summed E-state index contributed by atoms with van der Waals surface area (Å²) in [5.41, 5.74) is -0.394. The van der Waals surface area contributed by atoms with Crippen molar-refractivity contribution in [2.24, 2.45) is 5.41 Å². The van der Waals surface area contributed by atoms with E-state index in [4.69, 9.17) is 4.74 Å². The fraction of sp³-hybridized carbons (Fsp3) is 0.267. The van der Waals surface area contributed by atoms with E-state index in [-0.39, 0.29) is 5.91 Å². The number of hydrogen-bond donors (Lipinski definition) is 1. The zero-order valence-corrected chi connectivity index (χ0v) is 11.1. The number of ether oxygens (including phenoxy) is 1. The van der Waals surface area contributed by atoms with Gasteiger partial charge in [-0.15, -0.1) is 0 Å². The first-order valence-electron chi connectivity index (χ1n) is 6.40. The molecule has 1 N–H and O–H groups in total. The molecule has 1 aliphatic carbocycles. The molecule has 1 aliphatic rings. The minimum atomic E-state index is -1.01. The number of carbonyl (C=O) groups is 2. The summed E-state index contributed by atoms with van der Waals surface area (Å²) in [6, 6.07) is 7.63. The molecule has 2 aromatic rings. The number of anilines is 1. The van der Waals surface area contributed by atoms with E-state index >= 15 is 0 Å². The molecule has 20 heavy (non-hydrogen) atoms.